The number of nitrogens with one attached hydrogen (secondary N) is 1. The predicted molar refractivity (Wildman–Crippen MR) is 93.9 cm³/mol. The fourth-order valence-corrected chi connectivity index (χ4v) is 3.01. The third-order valence-corrected chi connectivity index (χ3v) is 4.23. The van der Waals surface area contributed by atoms with Gasteiger partial charge >= 0.3 is 0 Å². The molecule has 1 N–H and O–H groups in total. The van der Waals surface area contributed by atoms with Crippen LogP contribution in [0.25, 0.3) is 10.9 Å². The summed E-state index contributed by atoms with van der Waals surface area (Å²) in [6, 6.07) is 19.7. The normalized spacial score (nSPS) is 12.6. The summed E-state index contributed by atoms with van der Waals surface area (Å²) >= 11 is 0. The molecule has 22 heavy (non-hydrogen) atoms. The van der Waals surface area contributed by atoms with Crippen molar-refractivity contribution in [1.29, 1.82) is 0 Å². The Balaban J connectivity index is 1.79. The molecule has 0 unspecified atom stereocenters. The highest BCUT2D eigenvalue weighted by Gasteiger charge is 2.09. The van der Waals surface area contributed by atoms with Crippen LogP contribution in [0.1, 0.15) is 37.4 Å². The largest absolute Gasteiger partial charge is 0.347 e. The summed E-state index contributed by atoms with van der Waals surface area (Å²) < 4.78 is 2.37. The van der Waals surface area contributed by atoms with Crippen molar-refractivity contribution in [3.8, 4) is 0 Å². The zero-order valence-corrected chi connectivity index (χ0v) is 13.4. The molecule has 0 saturated carbocycles. The fourth-order valence-electron chi connectivity index (χ4n) is 3.01. The van der Waals surface area contributed by atoms with E-state index < -0.39 is 0 Å². The number of rotatable bonds is 6. The van der Waals surface area contributed by atoms with Crippen LogP contribution in [0.3, 0.4) is 0 Å². The molecule has 3 rings (SSSR count). The van der Waals surface area contributed by atoms with Crippen LogP contribution in [-0.2, 0) is 13.1 Å². The molecule has 2 heteroatoms. The van der Waals surface area contributed by atoms with Crippen molar-refractivity contribution in [3.05, 3.63) is 71.9 Å². The standard InChI is InChI=1S/C20H24N2/c1-3-13-22-15-18(19-11-7-8-12-20(19)22)14-21-16(2)17-9-5-4-6-10-17/h4-12,15-16,21H,3,13-14H2,1-2H3/t16-/m0/s1. The van der Waals surface area contributed by atoms with Gasteiger partial charge in [-0.1, -0.05) is 55.5 Å². The van der Waals surface area contributed by atoms with Gasteiger partial charge in [-0.05, 0) is 30.5 Å². The number of nitrogens with zero attached hydrogens (tertiary/aromatic N) is 1. The summed E-state index contributed by atoms with van der Waals surface area (Å²) in [4.78, 5) is 0. The molecule has 114 valence electrons. The maximum Gasteiger partial charge on any atom is 0.0483 e. The summed E-state index contributed by atoms with van der Waals surface area (Å²) in [5, 5.41) is 5.01. The van der Waals surface area contributed by atoms with Gasteiger partial charge in [-0.2, -0.15) is 0 Å². The van der Waals surface area contributed by atoms with Crippen molar-refractivity contribution in [3.63, 3.8) is 0 Å². The van der Waals surface area contributed by atoms with Gasteiger partial charge in [0.2, 0.25) is 0 Å². The third kappa shape index (κ3) is 3.07. The molecule has 1 atom stereocenters. The lowest BCUT2D eigenvalue weighted by molar-refractivity contribution is 0.574. The molecule has 0 aliphatic carbocycles. The van der Waals surface area contributed by atoms with E-state index in [1.807, 2.05) is 0 Å². The maximum atomic E-state index is 3.65. The first-order valence-electron chi connectivity index (χ1n) is 8.14. The molecular formula is C20H24N2. The van der Waals surface area contributed by atoms with Gasteiger partial charge in [-0.3, -0.25) is 0 Å². The summed E-state index contributed by atoms with van der Waals surface area (Å²) in [7, 11) is 0. The first kappa shape index (κ1) is 14.9. The van der Waals surface area contributed by atoms with Gasteiger partial charge in [0.1, 0.15) is 0 Å². The Morgan fingerprint density at radius 1 is 1.00 bits per heavy atom. The Morgan fingerprint density at radius 3 is 2.50 bits per heavy atom. The number of benzene rings is 2. The lowest BCUT2D eigenvalue weighted by Crippen LogP contribution is -2.17. The van der Waals surface area contributed by atoms with E-state index >= 15 is 0 Å². The van der Waals surface area contributed by atoms with E-state index in [9.17, 15) is 0 Å². The second-order valence-electron chi connectivity index (χ2n) is 5.88. The summed E-state index contributed by atoms with van der Waals surface area (Å²) in [5.74, 6) is 0. The molecule has 0 saturated heterocycles. The molecule has 1 aromatic heterocycles. The molecule has 0 aliphatic heterocycles. The second-order valence-corrected chi connectivity index (χ2v) is 5.88. The Kier molecular flexibility index (Phi) is 4.59. The van der Waals surface area contributed by atoms with Gasteiger partial charge in [-0.15, -0.1) is 0 Å². The number of hydrogen-bond donors (Lipinski definition) is 1. The summed E-state index contributed by atoms with van der Waals surface area (Å²) in [6.45, 7) is 6.42. The van der Waals surface area contributed by atoms with E-state index in [1.165, 1.54) is 22.0 Å². The Morgan fingerprint density at radius 2 is 1.73 bits per heavy atom. The Labute approximate surface area is 132 Å². The average molecular weight is 292 g/mol. The quantitative estimate of drug-likeness (QED) is 0.683. The van der Waals surface area contributed by atoms with Gasteiger partial charge in [0.05, 0.1) is 0 Å². The number of aryl methyl sites for hydroxylation is 1. The van der Waals surface area contributed by atoms with E-state index in [2.05, 4.69) is 84.5 Å². The number of hydrogen-bond acceptors (Lipinski definition) is 1. The molecule has 2 aromatic carbocycles. The molecule has 3 aromatic rings. The van der Waals surface area contributed by atoms with Crippen molar-refractivity contribution in [1.82, 2.24) is 9.88 Å². The molecule has 2 nitrogen and oxygen atoms in total. The Hall–Kier alpha value is -2.06. The molecule has 0 spiro atoms. The highest BCUT2D eigenvalue weighted by Crippen LogP contribution is 2.22. The van der Waals surface area contributed by atoms with Crippen LogP contribution in [0.2, 0.25) is 0 Å². The van der Waals surface area contributed by atoms with E-state index in [0.29, 0.717) is 6.04 Å². The summed E-state index contributed by atoms with van der Waals surface area (Å²) in [5.41, 5.74) is 4.06. The van der Waals surface area contributed by atoms with E-state index in [-0.39, 0.29) is 0 Å². The lowest BCUT2D eigenvalue weighted by Gasteiger charge is -2.13. The smallest absolute Gasteiger partial charge is 0.0483 e. The van der Waals surface area contributed by atoms with Gasteiger partial charge < -0.3 is 9.88 Å². The van der Waals surface area contributed by atoms with Crippen LogP contribution < -0.4 is 5.32 Å². The summed E-state index contributed by atoms with van der Waals surface area (Å²) in [6.07, 6.45) is 3.46. The minimum atomic E-state index is 0.356. The zero-order chi connectivity index (χ0) is 15.4. The first-order chi connectivity index (χ1) is 10.8. The minimum absolute atomic E-state index is 0.356. The molecular weight excluding hydrogens is 268 g/mol. The lowest BCUT2D eigenvalue weighted by atomic mass is 10.1. The Bertz CT molecular complexity index is 728. The predicted octanol–water partition coefficient (Wildman–Crippen LogP) is 4.90. The van der Waals surface area contributed by atoms with Crippen LogP contribution >= 0.6 is 0 Å². The van der Waals surface area contributed by atoms with Crippen LogP contribution in [0, 0.1) is 0 Å². The second kappa shape index (κ2) is 6.80. The number of aromatic nitrogens is 1. The molecule has 0 fully saturated rings. The van der Waals surface area contributed by atoms with E-state index in [4.69, 9.17) is 0 Å². The number of fused-ring (bicyclic) bond motifs is 1. The highest BCUT2D eigenvalue weighted by atomic mass is 15.0. The van der Waals surface area contributed by atoms with Crippen LogP contribution in [-0.4, -0.2) is 4.57 Å². The average Bonchev–Trinajstić information content (AvgIpc) is 2.92. The van der Waals surface area contributed by atoms with E-state index in [1.54, 1.807) is 0 Å². The molecule has 0 radical (unpaired) electrons. The third-order valence-electron chi connectivity index (χ3n) is 4.23. The van der Waals surface area contributed by atoms with Crippen molar-refractivity contribution < 1.29 is 0 Å². The fraction of sp³-hybridized carbons (Fsp3) is 0.300. The van der Waals surface area contributed by atoms with Crippen molar-refractivity contribution in [2.45, 2.75) is 39.4 Å². The van der Waals surface area contributed by atoms with Crippen molar-refractivity contribution in [2.24, 2.45) is 0 Å². The molecule has 0 amide bonds. The maximum absolute atomic E-state index is 3.65. The van der Waals surface area contributed by atoms with Crippen LogP contribution in [0.15, 0.2) is 60.8 Å². The van der Waals surface area contributed by atoms with Gasteiger partial charge in [0.15, 0.2) is 0 Å². The monoisotopic (exact) mass is 292 g/mol. The zero-order valence-electron chi connectivity index (χ0n) is 13.4. The topological polar surface area (TPSA) is 17.0 Å². The molecule has 0 aliphatic rings. The molecule has 0 bridgehead atoms. The van der Waals surface area contributed by atoms with Crippen LogP contribution in [0.5, 0.6) is 0 Å². The van der Waals surface area contributed by atoms with Gasteiger partial charge in [0.25, 0.3) is 0 Å². The van der Waals surface area contributed by atoms with E-state index in [0.717, 1.165) is 19.5 Å². The van der Waals surface area contributed by atoms with Gasteiger partial charge in [-0.25, -0.2) is 0 Å². The first-order valence-corrected chi connectivity index (χ1v) is 8.14. The van der Waals surface area contributed by atoms with Crippen molar-refractivity contribution in [2.75, 3.05) is 0 Å². The SMILES string of the molecule is CCCn1cc(CN[C@@H](C)c2ccccc2)c2ccccc21. The highest BCUT2D eigenvalue weighted by molar-refractivity contribution is 5.83. The van der Waals surface area contributed by atoms with Crippen LogP contribution in [0.4, 0.5) is 0 Å². The van der Waals surface area contributed by atoms with Gasteiger partial charge in [0, 0.05) is 36.2 Å². The molecule has 1 heterocycles. The van der Waals surface area contributed by atoms with Crippen molar-refractivity contribution >= 4 is 10.9 Å². The minimum Gasteiger partial charge on any atom is -0.347 e. The number of para-hydroxylation sites is 1.